The standard InChI is InChI=1S/C13H22N2O4/c1-4-7-14-8-9-15(13(2,3)12(14)19)10(16)5-6-11(17)18/h4-9H2,1-3H3,(H,17,18). The zero-order chi connectivity index (χ0) is 14.6. The number of carbonyl (C=O) groups is 3. The minimum atomic E-state index is -0.998. The maximum absolute atomic E-state index is 12.3. The first-order valence-electron chi connectivity index (χ1n) is 6.62. The number of nitrogens with zero attached hydrogens (tertiary/aromatic N) is 2. The highest BCUT2D eigenvalue weighted by Gasteiger charge is 2.43. The quantitative estimate of drug-likeness (QED) is 0.798. The van der Waals surface area contributed by atoms with Gasteiger partial charge >= 0.3 is 5.97 Å². The van der Waals surface area contributed by atoms with E-state index in [9.17, 15) is 14.4 Å². The highest BCUT2D eigenvalue weighted by molar-refractivity contribution is 5.92. The summed E-state index contributed by atoms with van der Waals surface area (Å²) >= 11 is 0. The zero-order valence-electron chi connectivity index (χ0n) is 11.8. The summed E-state index contributed by atoms with van der Waals surface area (Å²) in [4.78, 5) is 38.1. The average molecular weight is 270 g/mol. The summed E-state index contributed by atoms with van der Waals surface area (Å²) in [5.41, 5.74) is -0.886. The molecule has 1 fully saturated rings. The first-order chi connectivity index (χ1) is 8.80. The molecule has 1 N–H and O–H groups in total. The van der Waals surface area contributed by atoms with E-state index >= 15 is 0 Å². The van der Waals surface area contributed by atoms with E-state index in [1.165, 1.54) is 4.90 Å². The Hall–Kier alpha value is -1.59. The molecule has 6 nitrogen and oxygen atoms in total. The zero-order valence-corrected chi connectivity index (χ0v) is 11.8. The Bertz CT molecular complexity index is 379. The van der Waals surface area contributed by atoms with Crippen molar-refractivity contribution in [1.82, 2.24) is 9.80 Å². The Labute approximate surface area is 113 Å². The number of piperazine rings is 1. The van der Waals surface area contributed by atoms with E-state index < -0.39 is 11.5 Å². The molecule has 1 rings (SSSR count). The van der Waals surface area contributed by atoms with Crippen molar-refractivity contribution in [3.63, 3.8) is 0 Å². The highest BCUT2D eigenvalue weighted by atomic mass is 16.4. The van der Waals surface area contributed by atoms with E-state index in [1.54, 1.807) is 18.7 Å². The largest absolute Gasteiger partial charge is 0.481 e. The number of aliphatic carboxylic acids is 1. The Morgan fingerprint density at radius 1 is 1.26 bits per heavy atom. The van der Waals surface area contributed by atoms with Gasteiger partial charge in [0.25, 0.3) is 0 Å². The fourth-order valence-corrected chi connectivity index (χ4v) is 2.37. The molecular weight excluding hydrogens is 248 g/mol. The SMILES string of the molecule is CCCN1CCN(C(=O)CCC(=O)O)C(C)(C)C1=O. The van der Waals surface area contributed by atoms with Gasteiger partial charge in [-0.15, -0.1) is 0 Å². The topological polar surface area (TPSA) is 77.9 Å². The molecule has 2 amide bonds. The fourth-order valence-electron chi connectivity index (χ4n) is 2.37. The molecule has 0 aromatic heterocycles. The molecule has 0 spiro atoms. The fraction of sp³-hybridized carbons (Fsp3) is 0.769. The van der Waals surface area contributed by atoms with Crippen LogP contribution in [0.3, 0.4) is 0 Å². The molecule has 0 bridgehead atoms. The first-order valence-corrected chi connectivity index (χ1v) is 6.62. The lowest BCUT2D eigenvalue weighted by molar-refractivity contribution is -0.159. The van der Waals surface area contributed by atoms with Crippen molar-refractivity contribution in [1.29, 1.82) is 0 Å². The number of carboxylic acids is 1. The first kappa shape index (κ1) is 15.5. The predicted octanol–water partition coefficient (Wildman–Crippen LogP) is 0.711. The molecule has 0 radical (unpaired) electrons. The molecule has 1 aliphatic rings. The highest BCUT2D eigenvalue weighted by Crippen LogP contribution is 2.23. The van der Waals surface area contributed by atoms with Crippen LogP contribution in [0, 0.1) is 0 Å². The maximum Gasteiger partial charge on any atom is 0.303 e. The number of rotatable bonds is 5. The van der Waals surface area contributed by atoms with E-state index in [-0.39, 0.29) is 24.7 Å². The van der Waals surface area contributed by atoms with Gasteiger partial charge < -0.3 is 14.9 Å². The van der Waals surface area contributed by atoms with Crippen LogP contribution in [0.1, 0.15) is 40.0 Å². The summed E-state index contributed by atoms with van der Waals surface area (Å²) < 4.78 is 0. The van der Waals surface area contributed by atoms with Gasteiger partial charge in [0, 0.05) is 26.1 Å². The van der Waals surface area contributed by atoms with Gasteiger partial charge in [0.1, 0.15) is 5.54 Å². The van der Waals surface area contributed by atoms with E-state index in [0.717, 1.165) is 6.42 Å². The van der Waals surface area contributed by atoms with E-state index in [1.807, 2.05) is 6.92 Å². The van der Waals surface area contributed by atoms with Gasteiger partial charge in [-0.1, -0.05) is 6.92 Å². The van der Waals surface area contributed by atoms with Crippen LogP contribution in [-0.2, 0) is 14.4 Å². The minimum absolute atomic E-state index is 0.0557. The molecule has 1 heterocycles. The molecule has 108 valence electrons. The summed E-state index contributed by atoms with van der Waals surface area (Å²) in [7, 11) is 0. The molecule has 0 aliphatic carbocycles. The monoisotopic (exact) mass is 270 g/mol. The lowest BCUT2D eigenvalue weighted by Gasteiger charge is -2.46. The molecule has 0 unspecified atom stereocenters. The van der Waals surface area contributed by atoms with E-state index in [2.05, 4.69) is 0 Å². The molecule has 1 aliphatic heterocycles. The maximum atomic E-state index is 12.3. The van der Waals surface area contributed by atoms with E-state index in [4.69, 9.17) is 5.11 Å². The van der Waals surface area contributed by atoms with Gasteiger partial charge in [-0.25, -0.2) is 0 Å². The molecule has 19 heavy (non-hydrogen) atoms. The smallest absolute Gasteiger partial charge is 0.303 e. The Morgan fingerprint density at radius 2 is 1.89 bits per heavy atom. The van der Waals surface area contributed by atoms with Gasteiger partial charge in [0.15, 0.2) is 0 Å². The van der Waals surface area contributed by atoms with Crippen molar-refractivity contribution in [3.8, 4) is 0 Å². The van der Waals surface area contributed by atoms with Gasteiger partial charge in [-0.3, -0.25) is 14.4 Å². The van der Waals surface area contributed by atoms with Crippen molar-refractivity contribution in [3.05, 3.63) is 0 Å². The number of carboxylic acid groups (broad SMARTS) is 1. The van der Waals surface area contributed by atoms with E-state index in [0.29, 0.717) is 19.6 Å². The number of hydrogen-bond donors (Lipinski definition) is 1. The average Bonchev–Trinajstić information content (AvgIpc) is 2.32. The van der Waals surface area contributed by atoms with Crippen LogP contribution in [0.4, 0.5) is 0 Å². The van der Waals surface area contributed by atoms with Crippen molar-refractivity contribution in [2.75, 3.05) is 19.6 Å². The lowest BCUT2D eigenvalue weighted by atomic mass is 9.96. The number of carbonyl (C=O) groups excluding carboxylic acids is 2. The van der Waals surface area contributed by atoms with Gasteiger partial charge in [0.2, 0.25) is 11.8 Å². The molecule has 0 atom stereocenters. The molecular formula is C13H22N2O4. The minimum Gasteiger partial charge on any atom is -0.481 e. The van der Waals surface area contributed by atoms with Crippen molar-refractivity contribution < 1.29 is 19.5 Å². The molecule has 0 aromatic carbocycles. The van der Waals surface area contributed by atoms with Crippen LogP contribution in [0.5, 0.6) is 0 Å². The lowest BCUT2D eigenvalue weighted by Crippen LogP contribution is -2.64. The Kier molecular flexibility index (Phi) is 4.91. The van der Waals surface area contributed by atoms with Gasteiger partial charge in [-0.2, -0.15) is 0 Å². The summed E-state index contributed by atoms with van der Waals surface area (Å²) in [6.07, 6.45) is 0.632. The molecule has 0 aromatic rings. The molecule has 0 saturated carbocycles. The van der Waals surface area contributed by atoms with Gasteiger partial charge in [0.05, 0.1) is 6.42 Å². The van der Waals surface area contributed by atoms with Crippen molar-refractivity contribution in [2.24, 2.45) is 0 Å². The second kappa shape index (κ2) is 6.04. The van der Waals surface area contributed by atoms with Crippen LogP contribution < -0.4 is 0 Å². The van der Waals surface area contributed by atoms with Gasteiger partial charge in [-0.05, 0) is 20.3 Å². The van der Waals surface area contributed by atoms with Crippen molar-refractivity contribution in [2.45, 2.75) is 45.6 Å². The second-order valence-corrected chi connectivity index (χ2v) is 5.29. The van der Waals surface area contributed by atoms with Crippen molar-refractivity contribution >= 4 is 17.8 Å². The summed E-state index contributed by atoms with van der Waals surface area (Å²) in [6.45, 7) is 7.13. The van der Waals surface area contributed by atoms with Crippen LogP contribution in [-0.4, -0.2) is 57.9 Å². The molecule has 1 saturated heterocycles. The number of hydrogen-bond acceptors (Lipinski definition) is 3. The van der Waals surface area contributed by atoms with Crippen LogP contribution in [0.25, 0.3) is 0 Å². The molecule has 6 heteroatoms. The third-order valence-corrected chi connectivity index (χ3v) is 3.43. The summed E-state index contributed by atoms with van der Waals surface area (Å²) in [6, 6.07) is 0. The summed E-state index contributed by atoms with van der Waals surface area (Å²) in [5.74, 6) is -1.33. The Balaban J connectivity index is 2.74. The third-order valence-electron chi connectivity index (χ3n) is 3.43. The summed E-state index contributed by atoms with van der Waals surface area (Å²) in [5, 5.41) is 8.61. The normalized spacial score (nSPS) is 18.6. The van der Waals surface area contributed by atoms with Crippen LogP contribution in [0.15, 0.2) is 0 Å². The van der Waals surface area contributed by atoms with Crippen LogP contribution in [0.2, 0.25) is 0 Å². The number of amides is 2. The Morgan fingerprint density at radius 3 is 2.42 bits per heavy atom. The van der Waals surface area contributed by atoms with Crippen LogP contribution >= 0.6 is 0 Å². The third kappa shape index (κ3) is 3.45. The second-order valence-electron chi connectivity index (χ2n) is 5.29. The predicted molar refractivity (Wildman–Crippen MR) is 69.5 cm³/mol.